The highest BCUT2D eigenvalue weighted by atomic mass is 35.5. The molecule has 0 unspecified atom stereocenters. The van der Waals surface area contributed by atoms with Gasteiger partial charge >= 0.3 is 6.03 Å². The molecule has 3 N–H and O–H groups in total. The van der Waals surface area contributed by atoms with Crippen molar-refractivity contribution in [1.29, 1.82) is 0 Å². The quantitative estimate of drug-likeness (QED) is 0.656. The van der Waals surface area contributed by atoms with Gasteiger partial charge in [-0.25, -0.2) is 9.78 Å². The SMILES string of the molecule is Cc1cc(N2CCOCC2)nc(NCCNC(=O)Nc2cccc(Cl)c2)n1. The number of benzene rings is 1. The summed E-state index contributed by atoms with van der Waals surface area (Å²) in [5.41, 5.74) is 1.53. The van der Waals surface area contributed by atoms with Crippen LogP contribution < -0.4 is 20.9 Å². The second-order valence-electron chi connectivity index (χ2n) is 6.11. The maximum atomic E-state index is 11.9. The first kappa shape index (κ1) is 19.2. The number of nitrogens with zero attached hydrogens (tertiary/aromatic N) is 3. The third kappa shape index (κ3) is 5.97. The fourth-order valence-electron chi connectivity index (χ4n) is 2.68. The smallest absolute Gasteiger partial charge is 0.319 e. The van der Waals surface area contributed by atoms with Crippen molar-refractivity contribution in [2.45, 2.75) is 6.92 Å². The van der Waals surface area contributed by atoms with E-state index in [1.165, 1.54) is 0 Å². The van der Waals surface area contributed by atoms with Crippen LogP contribution in [0.2, 0.25) is 5.02 Å². The van der Waals surface area contributed by atoms with Gasteiger partial charge in [0, 0.05) is 48.6 Å². The molecule has 2 aromatic rings. The summed E-state index contributed by atoms with van der Waals surface area (Å²) in [5, 5.41) is 9.23. The minimum absolute atomic E-state index is 0.293. The number of aromatic nitrogens is 2. The molecule has 1 aromatic carbocycles. The Kier molecular flexibility index (Phi) is 6.67. The molecule has 27 heavy (non-hydrogen) atoms. The van der Waals surface area contributed by atoms with Gasteiger partial charge < -0.3 is 25.6 Å². The highest BCUT2D eigenvalue weighted by Gasteiger charge is 2.14. The lowest BCUT2D eigenvalue weighted by molar-refractivity contribution is 0.122. The topological polar surface area (TPSA) is 91.4 Å². The van der Waals surface area contributed by atoms with Gasteiger partial charge in [-0.2, -0.15) is 4.98 Å². The molecule has 0 aliphatic carbocycles. The average molecular weight is 391 g/mol. The van der Waals surface area contributed by atoms with Gasteiger partial charge in [-0.15, -0.1) is 0 Å². The van der Waals surface area contributed by atoms with Crippen LogP contribution in [0.1, 0.15) is 5.69 Å². The number of nitrogens with one attached hydrogen (secondary N) is 3. The molecule has 1 aliphatic heterocycles. The Hall–Kier alpha value is -2.58. The zero-order chi connectivity index (χ0) is 19.1. The molecule has 0 saturated carbocycles. The number of anilines is 3. The van der Waals surface area contributed by atoms with Crippen LogP contribution in [0.3, 0.4) is 0 Å². The molecule has 0 radical (unpaired) electrons. The molecule has 2 amide bonds. The summed E-state index contributed by atoms with van der Waals surface area (Å²) in [5.74, 6) is 1.44. The van der Waals surface area contributed by atoms with Crippen LogP contribution in [0.4, 0.5) is 22.2 Å². The molecule has 144 valence electrons. The third-order valence-corrected chi connectivity index (χ3v) is 4.19. The number of aryl methyl sites for hydroxylation is 1. The minimum Gasteiger partial charge on any atom is -0.378 e. The van der Waals surface area contributed by atoms with E-state index in [1.807, 2.05) is 13.0 Å². The number of urea groups is 1. The molecular weight excluding hydrogens is 368 g/mol. The first-order chi connectivity index (χ1) is 13.1. The van der Waals surface area contributed by atoms with Crippen LogP contribution in [-0.4, -0.2) is 55.4 Å². The lowest BCUT2D eigenvalue weighted by atomic mass is 10.3. The van der Waals surface area contributed by atoms with Crippen LogP contribution in [0, 0.1) is 6.92 Å². The molecule has 1 aromatic heterocycles. The summed E-state index contributed by atoms with van der Waals surface area (Å²) < 4.78 is 5.38. The molecule has 0 spiro atoms. The maximum Gasteiger partial charge on any atom is 0.319 e. The Balaban J connectivity index is 1.46. The molecule has 3 rings (SSSR count). The molecule has 0 bridgehead atoms. The predicted molar refractivity (Wildman–Crippen MR) is 107 cm³/mol. The van der Waals surface area contributed by atoms with E-state index >= 15 is 0 Å². The summed E-state index contributed by atoms with van der Waals surface area (Å²) in [4.78, 5) is 23.0. The zero-order valence-electron chi connectivity index (χ0n) is 15.2. The first-order valence-electron chi connectivity index (χ1n) is 8.83. The fourth-order valence-corrected chi connectivity index (χ4v) is 2.87. The van der Waals surface area contributed by atoms with Crippen LogP contribution in [0.5, 0.6) is 0 Å². The van der Waals surface area contributed by atoms with Gasteiger partial charge in [-0.1, -0.05) is 17.7 Å². The van der Waals surface area contributed by atoms with Crippen molar-refractivity contribution in [3.63, 3.8) is 0 Å². The molecule has 9 heteroatoms. The third-order valence-electron chi connectivity index (χ3n) is 3.95. The summed E-state index contributed by atoms with van der Waals surface area (Å²) >= 11 is 5.90. The van der Waals surface area contributed by atoms with Crippen molar-refractivity contribution in [2.24, 2.45) is 0 Å². The van der Waals surface area contributed by atoms with Crippen molar-refractivity contribution >= 4 is 35.1 Å². The van der Waals surface area contributed by atoms with Crippen molar-refractivity contribution in [3.05, 3.63) is 41.0 Å². The predicted octanol–water partition coefficient (Wildman–Crippen LogP) is 2.51. The number of carbonyl (C=O) groups is 1. The van der Waals surface area contributed by atoms with E-state index in [1.54, 1.807) is 24.3 Å². The van der Waals surface area contributed by atoms with Gasteiger partial charge in [-0.3, -0.25) is 0 Å². The van der Waals surface area contributed by atoms with E-state index in [2.05, 4.69) is 30.8 Å². The number of amides is 2. The first-order valence-corrected chi connectivity index (χ1v) is 9.20. The Morgan fingerprint density at radius 3 is 2.81 bits per heavy atom. The van der Waals surface area contributed by atoms with E-state index in [-0.39, 0.29) is 6.03 Å². The van der Waals surface area contributed by atoms with Crippen LogP contribution >= 0.6 is 11.6 Å². The number of halogens is 1. The monoisotopic (exact) mass is 390 g/mol. The summed E-state index contributed by atoms with van der Waals surface area (Å²) in [6.45, 7) is 5.93. The van der Waals surface area contributed by atoms with Crippen molar-refractivity contribution in [3.8, 4) is 0 Å². The molecular formula is C18H23ClN6O2. The van der Waals surface area contributed by atoms with Crippen LogP contribution in [0.15, 0.2) is 30.3 Å². The van der Waals surface area contributed by atoms with Gasteiger partial charge in [0.2, 0.25) is 5.95 Å². The van der Waals surface area contributed by atoms with Gasteiger partial charge in [-0.05, 0) is 25.1 Å². The molecule has 2 heterocycles. The van der Waals surface area contributed by atoms with E-state index in [4.69, 9.17) is 16.3 Å². The van der Waals surface area contributed by atoms with Gasteiger partial charge in [0.1, 0.15) is 5.82 Å². The largest absolute Gasteiger partial charge is 0.378 e. The van der Waals surface area contributed by atoms with Gasteiger partial charge in [0.25, 0.3) is 0 Å². The number of hydrogen-bond donors (Lipinski definition) is 3. The summed E-state index contributed by atoms with van der Waals surface area (Å²) in [6.07, 6.45) is 0. The molecule has 0 atom stereocenters. The molecule has 8 nitrogen and oxygen atoms in total. The van der Waals surface area contributed by atoms with Crippen molar-refractivity contribution in [1.82, 2.24) is 15.3 Å². The second-order valence-corrected chi connectivity index (χ2v) is 6.55. The lowest BCUT2D eigenvalue weighted by Crippen LogP contribution is -2.37. The number of morpholine rings is 1. The van der Waals surface area contributed by atoms with Crippen molar-refractivity contribution in [2.75, 3.05) is 54.9 Å². The minimum atomic E-state index is -0.293. The van der Waals surface area contributed by atoms with Gasteiger partial charge in [0.05, 0.1) is 13.2 Å². The average Bonchev–Trinajstić information content (AvgIpc) is 2.65. The van der Waals surface area contributed by atoms with Crippen molar-refractivity contribution < 1.29 is 9.53 Å². The molecule has 1 saturated heterocycles. The second kappa shape index (κ2) is 9.38. The van der Waals surface area contributed by atoms with E-state index in [9.17, 15) is 4.79 Å². The highest BCUT2D eigenvalue weighted by molar-refractivity contribution is 6.30. The zero-order valence-corrected chi connectivity index (χ0v) is 15.9. The summed E-state index contributed by atoms with van der Waals surface area (Å²) in [7, 11) is 0. The van der Waals surface area contributed by atoms with E-state index in [0.29, 0.717) is 43.0 Å². The Morgan fingerprint density at radius 1 is 1.22 bits per heavy atom. The van der Waals surface area contributed by atoms with Crippen LogP contribution in [0.25, 0.3) is 0 Å². The fraction of sp³-hybridized carbons (Fsp3) is 0.389. The normalized spacial score (nSPS) is 13.9. The standard InChI is InChI=1S/C18H23ClN6O2/c1-13-11-16(25-7-9-27-10-8-25)24-17(22-13)20-5-6-21-18(26)23-15-4-2-3-14(19)12-15/h2-4,11-12H,5-10H2,1H3,(H,20,22,24)(H2,21,23,26). The number of ether oxygens (including phenoxy) is 1. The number of hydrogen-bond acceptors (Lipinski definition) is 6. The number of carbonyl (C=O) groups excluding carboxylic acids is 1. The Labute approximate surface area is 163 Å². The van der Waals surface area contributed by atoms with E-state index < -0.39 is 0 Å². The van der Waals surface area contributed by atoms with E-state index in [0.717, 1.165) is 24.6 Å². The molecule has 1 fully saturated rings. The number of rotatable bonds is 6. The Morgan fingerprint density at radius 2 is 2.04 bits per heavy atom. The summed E-state index contributed by atoms with van der Waals surface area (Å²) in [6, 6.07) is 8.67. The highest BCUT2D eigenvalue weighted by Crippen LogP contribution is 2.16. The Bertz CT molecular complexity index is 782. The van der Waals surface area contributed by atoms with Crippen LogP contribution in [-0.2, 0) is 4.74 Å². The lowest BCUT2D eigenvalue weighted by Gasteiger charge is -2.28. The maximum absolute atomic E-state index is 11.9. The molecule has 1 aliphatic rings. The van der Waals surface area contributed by atoms with Gasteiger partial charge in [0.15, 0.2) is 0 Å².